The zero-order chi connectivity index (χ0) is 17.0. The highest BCUT2D eigenvalue weighted by Gasteiger charge is 2.42. The molecule has 0 spiro atoms. The van der Waals surface area contributed by atoms with Gasteiger partial charge in [-0.1, -0.05) is 35.5 Å². The predicted octanol–water partition coefficient (Wildman–Crippen LogP) is 2.89. The highest BCUT2D eigenvalue weighted by molar-refractivity contribution is 6.05. The van der Waals surface area contributed by atoms with Gasteiger partial charge >= 0.3 is 0 Å². The van der Waals surface area contributed by atoms with Crippen LogP contribution in [-0.2, 0) is 16.2 Å². The Morgan fingerprint density at radius 1 is 1.21 bits per heavy atom. The minimum absolute atomic E-state index is 0.168. The van der Waals surface area contributed by atoms with Crippen molar-refractivity contribution in [1.82, 2.24) is 5.32 Å². The Bertz CT molecular complexity index is 741. The summed E-state index contributed by atoms with van der Waals surface area (Å²) in [6, 6.07) is 17.3. The van der Waals surface area contributed by atoms with Gasteiger partial charge in [0.25, 0.3) is 5.91 Å². The number of oxime groups is 1. The maximum absolute atomic E-state index is 12.5. The number of benzene rings is 2. The Balaban J connectivity index is 1.62. The Labute approximate surface area is 141 Å². The van der Waals surface area contributed by atoms with Crippen molar-refractivity contribution in [2.45, 2.75) is 25.5 Å². The lowest BCUT2D eigenvalue weighted by molar-refractivity contribution is -0.141. The van der Waals surface area contributed by atoms with Gasteiger partial charge in [-0.15, -0.1) is 0 Å². The Hall–Kier alpha value is -2.82. The summed E-state index contributed by atoms with van der Waals surface area (Å²) in [5, 5.41) is 7.02. The SMILES string of the molecule is COc1ccc(C2=NO[C@@](C)(C(=O)NCc3ccccc3)C2)cc1. The van der Waals surface area contributed by atoms with Gasteiger partial charge < -0.3 is 14.9 Å². The zero-order valence-corrected chi connectivity index (χ0v) is 13.8. The van der Waals surface area contributed by atoms with Crippen molar-refractivity contribution in [2.24, 2.45) is 5.16 Å². The fourth-order valence-electron chi connectivity index (χ4n) is 2.56. The second-order valence-corrected chi connectivity index (χ2v) is 5.93. The summed E-state index contributed by atoms with van der Waals surface area (Å²) in [4.78, 5) is 17.9. The minimum atomic E-state index is -0.982. The van der Waals surface area contributed by atoms with Crippen molar-refractivity contribution >= 4 is 11.6 Å². The summed E-state index contributed by atoms with van der Waals surface area (Å²) in [5.41, 5.74) is 1.75. The molecule has 0 aliphatic carbocycles. The summed E-state index contributed by atoms with van der Waals surface area (Å²) < 4.78 is 5.15. The molecule has 24 heavy (non-hydrogen) atoms. The molecule has 5 heteroatoms. The largest absolute Gasteiger partial charge is 0.497 e. The van der Waals surface area contributed by atoms with Crippen molar-refractivity contribution in [3.05, 3.63) is 65.7 Å². The molecule has 1 aliphatic rings. The van der Waals surface area contributed by atoms with Crippen molar-refractivity contribution in [3.63, 3.8) is 0 Å². The number of ether oxygens (including phenoxy) is 1. The molecule has 5 nitrogen and oxygen atoms in total. The molecule has 0 fully saturated rings. The molecule has 0 saturated carbocycles. The quantitative estimate of drug-likeness (QED) is 0.920. The summed E-state index contributed by atoms with van der Waals surface area (Å²) in [6.07, 6.45) is 0.431. The first-order chi connectivity index (χ1) is 11.6. The monoisotopic (exact) mass is 324 g/mol. The second kappa shape index (κ2) is 6.74. The molecule has 0 radical (unpaired) electrons. The van der Waals surface area contributed by atoms with E-state index in [9.17, 15) is 4.79 Å². The number of hydrogen-bond acceptors (Lipinski definition) is 4. The number of nitrogens with zero attached hydrogens (tertiary/aromatic N) is 1. The zero-order valence-electron chi connectivity index (χ0n) is 13.8. The van der Waals surface area contributed by atoms with E-state index in [4.69, 9.17) is 9.57 Å². The van der Waals surface area contributed by atoms with Gasteiger partial charge in [0.05, 0.1) is 12.8 Å². The third kappa shape index (κ3) is 3.40. The molecule has 2 aromatic carbocycles. The number of carbonyl (C=O) groups is 1. The molecular weight excluding hydrogens is 304 g/mol. The van der Waals surface area contributed by atoms with Gasteiger partial charge in [-0.3, -0.25) is 4.79 Å². The van der Waals surface area contributed by atoms with Crippen LogP contribution in [0.25, 0.3) is 0 Å². The molecule has 1 amide bonds. The van der Waals surface area contributed by atoms with E-state index >= 15 is 0 Å². The number of rotatable bonds is 5. The molecule has 2 aromatic rings. The van der Waals surface area contributed by atoms with Crippen LogP contribution in [0.5, 0.6) is 5.75 Å². The van der Waals surface area contributed by atoms with E-state index < -0.39 is 5.60 Å². The summed E-state index contributed by atoms with van der Waals surface area (Å²) in [7, 11) is 1.62. The third-order valence-electron chi connectivity index (χ3n) is 4.06. The topological polar surface area (TPSA) is 59.9 Å². The van der Waals surface area contributed by atoms with Gasteiger partial charge in [0.15, 0.2) is 0 Å². The lowest BCUT2D eigenvalue weighted by Gasteiger charge is -2.20. The lowest BCUT2D eigenvalue weighted by Crippen LogP contribution is -2.44. The molecule has 0 unspecified atom stereocenters. The highest BCUT2D eigenvalue weighted by Crippen LogP contribution is 2.27. The first-order valence-corrected chi connectivity index (χ1v) is 7.82. The molecule has 1 N–H and O–H groups in total. The maximum Gasteiger partial charge on any atom is 0.267 e. The van der Waals surface area contributed by atoms with Crippen LogP contribution in [0.3, 0.4) is 0 Å². The summed E-state index contributed by atoms with van der Waals surface area (Å²) in [5.74, 6) is 0.611. The fraction of sp³-hybridized carbons (Fsp3) is 0.263. The molecule has 124 valence electrons. The normalized spacial score (nSPS) is 19.3. The van der Waals surface area contributed by atoms with Crippen molar-refractivity contribution in [3.8, 4) is 5.75 Å². The van der Waals surface area contributed by atoms with Crippen molar-refractivity contribution < 1.29 is 14.4 Å². The van der Waals surface area contributed by atoms with Crippen LogP contribution < -0.4 is 10.1 Å². The molecule has 0 bridgehead atoms. The van der Waals surface area contributed by atoms with Crippen LogP contribution in [-0.4, -0.2) is 24.3 Å². The summed E-state index contributed by atoms with van der Waals surface area (Å²) >= 11 is 0. The van der Waals surface area contributed by atoms with E-state index in [0.717, 1.165) is 22.6 Å². The second-order valence-electron chi connectivity index (χ2n) is 5.93. The van der Waals surface area contributed by atoms with Crippen LogP contribution in [0.2, 0.25) is 0 Å². The van der Waals surface area contributed by atoms with Gasteiger partial charge in [-0.2, -0.15) is 0 Å². The molecule has 0 saturated heterocycles. The molecule has 1 aliphatic heterocycles. The fourth-order valence-corrected chi connectivity index (χ4v) is 2.56. The van der Waals surface area contributed by atoms with Gasteiger partial charge in [-0.05, 0) is 42.3 Å². The first kappa shape index (κ1) is 16.1. The van der Waals surface area contributed by atoms with Crippen LogP contribution in [0.4, 0.5) is 0 Å². The number of amides is 1. The van der Waals surface area contributed by atoms with Crippen LogP contribution in [0, 0.1) is 0 Å². The average molecular weight is 324 g/mol. The average Bonchev–Trinajstić information content (AvgIpc) is 3.04. The number of methoxy groups -OCH3 is 1. The molecule has 1 atom stereocenters. The Morgan fingerprint density at radius 3 is 2.58 bits per heavy atom. The van der Waals surface area contributed by atoms with E-state index in [1.54, 1.807) is 14.0 Å². The van der Waals surface area contributed by atoms with E-state index in [2.05, 4.69) is 10.5 Å². The number of hydrogen-bond donors (Lipinski definition) is 1. The Morgan fingerprint density at radius 2 is 1.92 bits per heavy atom. The van der Waals surface area contributed by atoms with E-state index in [0.29, 0.717) is 13.0 Å². The standard InChI is InChI=1S/C19H20N2O3/c1-19(18(22)20-13-14-6-4-3-5-7-14)12-17(21-24-19)15-8-10-16(23-2)11-9-15/h3-11H,12-13H2,1-2H3,(H,20,22)/t19-/m1/s1. The molecular formula is C19H20N2O3. The number of carbonyl (C=O) groups excluding carboxylic acids is 1. The lowest BCUT2D eigenvalue weighted by atomic mass is 9.95. The van der Waals surface area contributed by atoms with E-state index in [1.165, 1.54) is 0 Å². The van der Waals surface area contributed by atoms with Crippen molar-refractivity contribution in [2.75, 3.05) is 7.11 Å². The van der Waals surface area contributed by atoms with Gasteiger partial charge in [0.1, 0.15) is 5.75 Å². The van der Waals surface area contributed by atoms with Crippen LogP contribution in [0.15, 0.2) is 59.8 Å². The highest BCUT2D eigenvalue weighted by atomic mass is 16.7. The van der Waals surface area contributed by atoms with Gasteiger partial charge in [0.2, 0.25) is 5.60 Å². The minimum Gasteiger partial charge on any atom is -0.497 e. The van der Waals surface area contributed by atoms with E-state index in [1.807, 2.05) is 54.6 Å². The third-order valence-corrected chi connectivity index (χ3v) is 4.06. The van der Waals surface area contributed by atoms with Crippen LogP contribution in [0.1, 0.15) is 24.5 Å². The summed E-state index contributed by atoms with van der Waals surface area (Å²) in [6.45, 7) is 2.23. The number of nitrogens with one attached hydrogen (secondary N) is 1. The maximum atomic E-state index is 12.5. The predicted molar refractivity (Wildman–Crippen MR) is 91.9 cm³/mol. The van der Waals surface area contributed by atoms with Gasteiger partial charge in [0, 0.05) is 13.0 Å². The molecule has 3 rings (SSSR count). The molecule has 0 aromatic heterocycles. The van der Waals surface area contributed by atoms with Crippen molar-refractivity contribution in [1.29, 1.82) is 0 Å². The van der Waals surface area contributed by atoms with Gasteiger partial charge in [-0.25, -0.2) is 0 Å². The van der Waals surface area contributed by atoms with Crippen LogP contribution >= 0.6 is 0 Å². The first-order valence-electron chi connectivity index (χ1n) is 7.82. The molecule has 1 heterocycles. The Kier molecular flexibility index (Phi) is 4.51. The smallest absolute Gasteiger partial charge is 0.267 e. The van der Waals surface area contributed by atoms with E-state index in [-0.39, 0.29) is 5.91 Å².